The second-order valence-electron chi connectivity index (χ2n) is 5.29. The van der Waals surface area contributed by atoms with E-state index in [1.165, 1.54) is 5.56 Å². The van der Waals surface area contributed by atoms with Crippen LogP contribution in [-0.2, 0) is 0 Å². The van der Waals surface area contributed by atoms with E-state index >= 15 is 0 Å². The monoisotopic (exact) mass is 288 g/mol. The van der Waals surface area contributed by atoms with Crippen LogP contribution in [0.3, 0.4) is 0 Å². The number of rotatable bonds is 2. The second kappa shape index (κ2) is 5.52. The number of hydrogen-bond donors (Lipinski definition) is 2. The zero-order valence-electron chi connectivity index (χ0n) is 11.3. The molecule has 3 rings (SSSR count). The van der Waals surface area contributed by atoms with E-state index in [2.05, 4.69) is 23.3 Å². The number of aryl methyl sites for hydroxylation is 1. The minimum atomic E-state index is -0.257. The number of aromatic nitrogens is 1. The number of aliphatic hydroxyl groups is 1. The number of halogens is 1. The number of β-amino-alcohol motifs (C(OH)–C–C–N with tert-alkyl or cyclic N) is 1. The van der Waals surface area contributed by atoms with Gasteiger partial charge in [0, 0.05) is 29.4 Å². The van der Waals surface area contributed by atoms with E-state index in [9.17, 15) is 5.11 Å². The van der Waals surface area contributed by atoms with Crippen LogP contribution in [-0.4, -0.2) is 22.7 Å². The molecule has 3 nitrogen and oxygen atoms in total. The molecule has 2 N–H and O–H groups in total. The van der Waals surface area contributed by atoms with Crippen molar-refractivity contribution >= 4 is 11.6 Å². The summed E-state index contributed by atoms with van der Waals surface area (Å²) in [6, 6.07) is 9.98. The highest BCUT2D eigenvalue weighted by molar-refractivity contribution is 6.30. The average Bonchev–Trinajstić information content (AvgIpc) is 2.85. The maximum Gasteiger partial charge on any atom is 0.0705 e. The van der Waals surface area contributed by atoms with Gasteiger partial charge in [0.1, 0.15) is 0 Å². The van der Waals surface area contributed by atoms with E-state index in [1.807, 2.05) is 30.5 Å². The molecule has 20 heavy (non-hydrogen) atoms. The number of nitrogens with one attached hydrogen (secondary N) is 1. The highest BCUT2D eigenvalue weighted by atomic mass is 35.5. The van der Waals surface area contributed by atoms with Crippen LogP contribution < -0.4 is 5.32 Å². The normalized spacial score (nSPS) is 22.1. The van der Waals surface area contributed by atoms with E-state index < -0.39 is 0 Å². The Kier molecular flexibility index (Phi) is 3.74. The molecule has 4 heteroatoms. The third-order valence-corrected chi connectivity index (χ3v) is 3.99. The quantitative estimate of drug-likeness (QED) is 0.892. The fourth-order valence-electron chi connectivity index (χ4n) is 2.69. The third-order valence-electron chi connectivity index (χ3n) is 3.75. The molecule has 104 valence electrons. The average molecular weight is 289 g/mol. The standard InChI is InChI=1S/C16H17ClN2O/c1-10-5-15(11-3-2-4-12(17)6-11)19-9-14(10)16-7-13(20)8-18-16/h2-6,9,13,16,18,20H,7-8H2,1H3. The first kappa shape index (κ1) is 13.6. The molecule has 2 atom stereocenters. The lowest BCUT2D eigenvalue weighted by Gasteiger charge is -2.14. The number of aliphatic hydroxyl groups excluding tert-OH is 1. The van der Waals surface area contributed by atoms with Crippen molar-refractivity contribution in [2.45, 2.75) is 25.5 Å². The molecule has 0 saturated carbocycles. The largest absolute Gasteiger partial charge is 0.392 e. The van der Waals surface area contributed by atoms with Gasteiger partial charge in [0.25, 0.3) is 0 Å². The minimum Gasteiger partial charge on any atom is -0.392 e. The Balaban J connectivity index is 1.91. The lowest BCUT2D eigenvalue weighted by Crippen LogP contribution is -2.15. The van der Waals surface area contributed by atoms with Gasteiger partial charge in [-0.1, -0.05) is 23.7 Å². The van der Waals surface area contributed by atoms with Crippen LogP contribution in [0.5, 0.6) is 0 Å². The number of pyridine rings is 1. The van der Waals surface area contributed by atoms with Gasteiger partial charge >= 0.3 is 0 Å². The van der Waals surface area contributed by atoms with E-state index in [4.69, 9.17) is 11.6 Å². The summed E-state index contributed by atoms with van der Waals surface area (Å²) in [6.07, 6.45) is 2.40. The predicted molar refractivity (Wildman–Crippen MR) is 80.8 cm³/mol. The highest BCUT2D eigenvalue weighted by Gasteiger charge is 2.24. The Morgan fingerprint density at radius 1 is 1.35 bits per heavy atom. The first-order valence-corrected chi connectivity index (χ1v) is 7.15. The molecule has 0 radical (unpaired) electrons. The van der Waals surface area contributed by atoms with E-state index in [1.54, 1.807) is 0 Å². The Hall–Kier alpha value is -1.42. The van der Waals surface area contributed by atoms with Crippen molar-refractivity contribution in [3.05, 3.63) is 52.7 Å². The fraction of sp³-hybridized carbons (Fsp3) is 0.312. The van der Waals surface area contributed by atoms with Gasteiger partial charge in [-0.2, -0.15) is 0 Å². The van der Waals surface area contributed by atoms with Gasteiger partial charge < -0.3 is 10.4 Å². The van der Waals surface area contributed by atoms with Crippen molar-refractivity contribution < 1.29 is 5.11 Å². The molecule has 1 aliphatic rings. The molecule has 1 fully saturated rings. The van der Waals surface area contributed by atoms with Crippen LogP contribution in [0.25, 0.3) is 11.3 Å². The van der Waals surface area contributed by atoms with Crippen molar-refractivity contribution in [3.63, 3.8) is 0 Å². The fourth-order valence-corrected chi connectivity index (χ4v) is 2.88. The van der Waals surface area contributed by atoms with E-state index in [-0.39, 0.29) is 12.1 Å². The molecule has 0 amide bonds. The summed E-state index contributed by atoms with van der Waals surface area (Å²) in [5.41, 5.74) is 4.28. The summed E-state index contributed by atoms with van der Waals surface area (Å²) in [5, 5.41) is 13.7. The molecule has 1 aliphatic heterocycles. The minimum absolute atomic E-state index is 0.200. The molecule has 2 heterocycles. The van der Waals surface area contributed by atoms with Crippen molar-refractivity contribution in [1.29, 1.82) is 0 Å². The van der Waals surface area contributed by atoms with Gasteiger partial charge in [-0.25, -0.2) is 0 Å². The van der Waals surface area contributed by atoms with Gasteiger partial charge in [-0.05, 0) is 42.7 Å². The summed E-state index contributed by atoms with van der Waals surface area (Å²) in [5.74, 6) is 0. The molecule has 1 saturated heterocycles. The molecule has 2 unspecified atom stereocenters. The third kappa shape index (κ3) is 2.70. The van der Waals surface area contributed by atoms with Crippen LogP contribution in [0.1, 0.15) is 23.6 Å². The van der Waals surface area contributed by atoms with Gasteiger partial charge in [0.15, 0.2) is 0 Å². The molecule has 0 bridgehead atoms. The maximum atomic E-state index is 9.62. The van der Waals surface area contributed by atoms with Crippen molar-refractivity contribution in [1.82, 2.24) is 10.3 Å². The second-order valence-corrected chi connectivity index (χ2v) is 5.72. The van der Waals surface area contributed by atoms with E-state index in [0.29, 0.717) is 11.6 Å². The smallest absolute Gasteiger partial charge is 0.0705 e. The summed E-state index contributed by atoms with van der Waals surface area (Å²) < 4.78 is 0. The number of nitrogens with zero attached hydrogens (tertiary/aromatic N) is 1. The SMILES string of the molecule is Cc1cc(-c2cccc(Cl)c2)ncc1C1CC(O)CN1. The highest BCUT2D eigenvalue weighted by Crippen LogP contribution is 2.28. The Morgan fingerprint density at radius 3 is 2.85 bits per heavy atom. The first-order chi connectivity index (χ1) is 9.63. The number of hydrogen-bond acceptors (Lipinski definition) is 3. The summed E-state index contributed by atoms with van der Waals surface area (Å²) in [4.78, 5) is 4.54. The van der Waals surface area contributed by atoms with Gasteiger partial charge in [0.2, 0.25) is 0 Å². The zero-order chi connectivity index (χ0) is 14.1. The Bertz CT molecular complexity index is 630. The first-order valence-electron chi connectivity index (χ1n) is 6.77. The molecule has 0 aliphatic carbocycles. The van der Waals surface area contributed by atoms with Gasteiger partial charge in [-0.15, -0.1) is 0 Å². The van der Waals surface area contributed by atoms with Crippen molar-refractivity contribution in [3.8, 4) is 11.3 Å². The lowest BCUT2D eigenvalue weighted by atomic mass is 10.00. The van der Waals surface area contributed by atoms with Crippen LogP contribution in [0.4, 0.5) is 0 Å². The number of benzene rings is 1. The van der Waals surface area contributed by atoms with Gasteiger partial charge in [-0.3, -0.25) is 4.98 Å². The summed E-state index contributed by atoms with van der Waals surface area (Å²) in [6.45, 7) is 2.73. The van der Waals surface area contributed by atoms with E-state index in [0.717, 1.165) is 23.2 Å². The molecular weight excluding hydrogens is 272 g/mol. The van der Waals surface area contributed by atoms with Crippen LogP contribution >= 0.6 is 11.6 Å². The lowest BCUT2D eigenvalue weighted by molar-refractivity contribution is 0.193. The molecule has 1 aromatic heterocycles. The molecule has 0 spiro atoms. The topological polar surface area (TPSA) is 45.2 Å². The zero-order valence-corrected chi connectivity index (χ0v) is 12.1. The Labute approximate surface area is 123 Å². The van der Waals surface area contributed by atoms with Crippen molar-refractivity contribution in [2.75, 3.05) is 6.54 Å². The van der Waals surface area contributed by atoms with Crippen LogP contribution in [0.15, 0.2) is 36.5 Å². The predicted octanol–water partition coefficient (Wildman–Crippen LogP) is 3.11. The Morgan fingerprint density at radius 2 is 2.20 bits per heavy atom. The maximum absolute atomic E-state index is 9.62. The summed E-state index contributed by atoms with van der Waals surface area (Å²) >= 11 is 6.02. The molecule has 2 aromatic rings. The van der Waals surface area contributed by atoms with Crippen molar-refractivity contribution in [2.24, 2.45) is 0 Å². The van der Waals surface area contributed by atoms with Gasteiger partial charge in [0.05, 0.1) is 11.8 Å². The molecular formula is C16H17ClN2O. The molecule has 1 aromatic carbocycles. The van der Waals surface area contributed by atoms with Crippen LogP contribution in [0, 0.1) is 6.92 Å². The van der Waals surface area contributed by atoms with Crippen LogP contribution in [0.2, 0.25) is 5.02 Å². The summed E-state index contributed by atoms with van der Waals surface area (Å²) in [7, 11) is 0.